The number of benzene rings is 2. The molecule has 2 aromatic carbocycles. The van der Waals surface area contributed by atoms with E-state index in [0.29, 0.717) is 28.0 Å². The van der Waals surface area contributed by atoms with Crippen LogP contribution in [-0.4, -0.2) is 64.4 Å². The summed E-state index contributed by atoms with van der Waals surface area (Å²) in [7, 11) is 0. The summed E-state index contributed by atoms with van der Waals surface area (Å²) < 4.78 is 6.00. The zero-order valence-corrected chi connectivity index (χ0v) is 18.9. The van der Waals surface area contributed by atoms with Crippen LogP contribution >= 0.6 is 23.2 Å². The summed E-state index contributed by atoms with van der Waals surface area (Å²) >= 11 is 12.0. The quantitative estimate of drug-likeness (QED) is 0.414. The number of aromatic nitrogens is 1. The number of piperidine rings is 1. The van der Waals surface area contributed by atoms with E-state index in [9.17, 15) is 15.0 Å². The second-order valence-corrected chi connectivity index (χ2v) is 8.83. The van der Waals surface area contributed by atoms with Crippen LogP contribution in [0.3, 0.4) is 0 Å². The molecule has 170 valence electrons. The Balaban J connectivity index is 1.20. The fourth-order valence-electron chi connectivity index (χ4n) is 3.86. The molecule has 3 aromatic rings. The lowest BCUT2D eigenvalue weighted by atomic mass is 10.1. The molecule has 1 aliphatic heterocycles. The zero-order valence-electron chi connectivity index (χ0n) is 17.4. The first-order chi connectivity index (χ1) is 15.4. The van der Waals surface area contributed by atoms with Gasteiger partial charge >= 0.3 is 0 Å². The van der Waals surface area contributed by atoms with Crippen molar-refractivity contribution in [2.75, 3.05) is 26.2 Å². The van der Waals surface area contributed by atoms with E-state index in [-0.39, 0.29) is 24.3 Å². The van der Waals surface area contributed by atoms with Gasteiger partial charge in [-0.2, -0.15) is 0 Å². The van der Waals surface area contributed by atoms with Crippen molar-refractivity contribution in [1.29, 1.82) is 0 Å². The third kappa shape index (κ3) is 5.66. The predicted octanol–water partition coefficient (Wildman–Crippen LogP) is 3.81. The standard InChI is InChI=1S/C23H25Cl2N3O4/c24-19-3-2-18(11-20(19)25)32-17-5-7-28(8-6-17)13-16(30)12-26-23(31)22-10-14-9-15(29)1-4-21(14)27-22/h1-4,9-11,16-17,27,29-30H,5-8,12-13H2,(H,26,31)/t16-/m1/s1. The molecule has 9 heteroatoms. The van der Waals surface area contributed by atoms with Gasteiger partial charge in [-0.1, -0.05) is 23.2 Å². The number of phenols is 1. The van der Waals surface area contributed by atoms with Crippen molar-refractivity contribution in [3.63, 3.8) is 0 Å². The number of β-amino-alcohol motifs (C(OH)–C–C–N with tert-alkyl or cyclic N) is 1. The van der Waals surface area contributed by atoms with E-state index in [1.54, 1.807) is 36.4 Å². The number of aromatic amines is 1. The first-order valence-electron chi connectivity index (χ1n) is 10.5. The van der Waals surface area contributed by atoms with Crippen LogP contribution in [-0.2, 0) is 0 Å². The van der Waals surface area contributed by atoms with Crippen LogP contribution < -0.4 is 10.1 Å². The second-order valence-electron chi connectivity index (χ2n) is 8.01. The molecule has 1 aromatic heterocycles. The Kier molecular flexibility index (Phi) is 7.10. The van der Waals surface area contributed by atoms with E-state index < -0.39 is 6.10 Å². The van der Waals surface area contributed by atoms with Gasteiger partial charge in [-0.25, -0.2) is 0 Å². The molecule has 0 unspecified atom stereocenters. The van der Waals surface area contributed by atoms with Crippen LogP contribution in [0.15, 0.2) is 42.5 Å². The van der Waals surface area contributed by atoms with E-state index in [1.165, 1.54) is 0 Å². The van der Waals surface area contributed by atoms with E-state index in [0.717, 1.165) is 36.8 Å². The molecule has 1 fully saturated rings. The Morgan fingerprint density at radius 1 is 1.16 bits per heavy atom. The number of fused-ring (bicyclic) bond motifs is 1. The Hall–Kier alpha value is -2.45. The fourth-order valence-corrected chi connectivity index (χ4v) is 4.15. The smallest absolute Gasteiger partial charge is 0.267 e. The van der Waals surface area contributed by atoms with Crippen molar-refractivity contribution in [2.24, 2.45) is 0 Å². The van der Waals surface area contributed by atoms with Crippen molar-refractivity contribution in [1.82, 2.24) is 15.2 Å². The van der Waals surface area contributed by atoms with Crippen LogP contribution in [0.1, 0.15) is 23.3 Å². The van der Waals surface area contributed by atoms with Gasteiger partial charge in [0.05, 0.1) is 16.1 Å². The number of carbonyl (C=O) groups excluding carboxylic acids is 1. The summed E-state index contributed by atoms with van der Waals surface area (Å²) in [5.74, 6) is 0.547. The number of nitrogens with one attached hydrogen (secondary N) is 2. The van der Waals surface area contributed by atoms with Gasteiger partial charge in [0.2, 0.25) is 0 Å². The summed E-state index contributed by atoms with van der Waals surface area (Å²) in [6.07, 6.45) is 1.07. The molecule has 2 heterocycles. The molecular formula is C23H25Cl2N3O4. The molecular weight excluding hydrogens is 453 g/mol. The van der Waals surface area contributed by atoms with E-state index in [4.69, 9.17) is 27.9 Å². The number of hydrogen-bond donors (Lipinski definition) is 4. The minimum Gasteiger partial charge on any atom is -0.508 e. The number of amides is 1. The number of phenolic OH excluding ortho intramolecular Hbond substituents is 1. The SMILES string of the molecule is O=C(NC[C@@H](O)CN1CCC(Oc2ccc(Cl)c(Cl)c2)CC1)c1cc2cc(O)ccc2[nH]1. The fraction of sp³-hybridized carbons (Fsp3) is 0.348. The maximum absolute atomic E-state index is 12.4. The molecule has 0 spiro atoms. The molecule has 0 radical (unpaired) electrons. The number of halogens is 2. The van der Waals surface area contributed by atoms with Crippen molar-refractivity contribution < 1.29 is 19.7 Å². The van der Waals surface area contributed by atoms with Crippen molar-refractivity contribution in [2.45, 2.75) is 25.0 Å². The average Bonchev–Trinajstić information content (AvgIpc) is 3.19. The highest BCUT2D eigenvalue weighted by Gasteiger charge is 2.23. The first-order valence-corrected chi connectivity index (χ1v) is 11.2. The monoisotopic (exact) mass is 477 g/mol. The highest BCUT2D eigenvalue weighted by molar-refractivity contribution is 6.42. The number of nitrogens with zero attached hydrogens (tertiary/aromatic N) is 1. The highest BCUT2D eigenvalue weighted by atomic mass is 35.5. The Morgan fingerprint density at radius 2 is 1.94 bits per heavy atom. The average molecular weight is 478 g/mol. The van der Waals surface area contributed by atoms with Gasteiger partial charge in [-0.3, -0.25) is 4.79 Å². The minimum absolute atomic E-state index is 0.0850. The van der Waals surface area contributed by atoms with Gasteiger partial charge in [-0.15, -0.1) is 0 Å². The van der Waals surface area contributed by atoms with Crippen LogP contribution in [0.4, 0.5) is 0 Å². The lowest BCUT2D eigenvalue weighted by Gasteiger charge is -2.33. The van der Waals surface area contributed by atoms with E-state index >= 15 is 0 Å². The summed E-state index contributed by atoms with van der Waals surface area (Å²) in [6, 6.07) is 11.8. The molecule has 1 saturated heterocycles. The molecule has 1 atom stereocenters. The Bertz CT molecular complexity index is 1100. The summed E-state index contributed by atoms with van der Waals surface area (Å²) in [5, 5.41) is 24.4. The van der Waals surface area contributed by atoms with E-state index in [2.05, 4.69) is 15.2 Å². The lowest BCUT2D eigenvalue weighted by molar-refractivity contribution is 0.0593. The summed E-state index contributed by atoms with van der Waals surface area (Å²) in [6.45, 7) is 2.21. The van der Waals surface area contributed by atoms with Gasteiger partial charge < -0.3 is 30.2 Å². The van der Waals surface area contributed by atoms with Crippen LogP contribution in [0.5, 0.6) is 11.5 Å². The largest absolute Gasteiger partial charge is 0.508 e. The Labute approximate surface area is 195 Å². The van der Waals surface area contributed by atoms with Crippen LogP contribution in [0.25, 0.3) is 10.9 Å². The second kappa shape index (κ2) is 10.0. The number of aliphatic hydroxyl groups is 1. The highest BCUT2D eigenvalue weighted by Crippen LogP contribution is 2.28. The predicted molar refractivity (Wildman–Crippen MR) is 125 cm³/mol. The molecule has 4 rings (SSSR count). The number of carbonyl (C=O) groups is 1. The molecule has 1 amide bonds. The van der Waals surface area contributed by atoms with Gasteiger partial charge in [-0.05, 0) is 49.2 Å². The molecule has 32 heavy (non-hydrogen) atoms. The first kappa shape index (κ1) is 22.7. The van der Waals surface area contributed by atoms with Crippen molar-refractivity contribution in [3.05, 3.63) is 58.2 Å². The van der Waals surface area contributed by atoms with Gasteiger partial charge in [0.25, 0.3) is 5.91 Å². The maximum atomic E-state index is 12.4. The summed E-state index contributed by atoms with van der Waals surface area (Å²) in [5.41, 5.74) is 1.15. The third-order valence-electron chi connectivity index (χ3n) is 5.54. The third-order valence-corrected chi connectivity index (χ3v) is 6.28. The molecule has 0 aliphatic carbocycles. The summed E-state index contributed by atoms with van der Waals surface area (Å²) in [4.78, 5) is 17.6. The number of likely N-dealkylation sites (tertiary alicyclic amines) is 1. The van der Waals surface area contributed by atoms with Crippen LogP contribution in [0.2, 0.25) is 10.0 Å². The number of H-pyrrole nitrogens is 1. The van der Waals surface area contributed by atoms with Crippen LogP contribution in [0, 0.1) is 0 Å². The van der Waals surface area contributed by atoms with Gasteiger partial charge in [0.1, 0.15) is 23.3 Å². The van der Waals surface area contributed by atoms with E-state index in [1.807, 2.05) is 6.07 Å². The normalized spacial score (nSPS) is 16.2. The van der Waals surface area contributed by atoms with Gasteiger partial charge in [0, 0.05) is 43.1 Å². The lowest BCUT2D eigenvalue weighted by Crippen LogP contribution is -2.45. The molecule has 4 N–H and O–H groups in total. The zero-order chi connectivity index (χ0) is 22.7. The number of aromatic hydroxyl groups is 1. The number of aliphatic hydroxyl groups excluding tert-OH is 1. The minimum atomic E-state index is -0.681. The number of rotatable bonds is 7. The molecule has 0 saturated carbocycles. The van der Waals surface area contributed by atoms with Crippen molar-refractivity contribution in [3.8, 4) is 11.5 Å². The van der Waals surface area contributed by atoms with Gasteiger partial charge in [0.15, 0.2) is 0 Å². The Morgan fingerprint density at radius 3 is 2.69 bits per heavy atom. The molecule has 7 nitrogen and oxygen atoms in total. The molecule has 0 bridgehead atoms. The molecule has 1 aliphatic rings. The topological polar surface area (TPSA) is 97.8 Å². The number of hydrogen-bond acceptors (Lipinski definition) is 5. The van der Waals surface area contributed by atoms with Crippen molar-refractivity contribution >= 4 is 40.0 Å². The number of ether oxygens (including phenoxy) is 1. The maximum Gasteiger partial charge on any atom is 0.267 e.